The van der Waals surface area contributed by atoms with E-state index in [1.54, 1.807) is 0 Å². The summed E-state index contributed by atoms with van der Waals surface area (Å²) in [5, 5.41) is 2.45. The molecule has 0 amide bonds. The second kappa shape index (κ2) is 17.8. The summed E-state index contributed by atoms with van der Waals surface area (Å²) in [4.78, 5) is 7.72. The Morgan fingerprint density at radius 1 is 0.370 bits per heavy atom. The average Bonchev–Trinajstić information content (AvgIpc) is 2.83. The molecule has 0 unspecified atom stereocenters. The van der Waals surface area contributed by atoms with Gasteiger partial charge in [0.05, 0.1) is 0 Å². The van der Waals surface area contributed by atoms with Gasteiger partial charge in [0.2, 0.25) is 0 Å². The van der Waals surface area contributed by atoms with Gasteiger partial charge in [0.1, 0.15) is 5.75 Å². The van der Waals surface area contributed by atoms with Gasteiger partial charge in [0.25, 0.3) is 0 Å². The van der Waals surface area contributed by atoms with Crippen molar-refractivity contribution in [3.63, 3.8) is 0 Å². The predicted molar refractivity (Wildman–Crippen MR) is 339 cm³/mol. The van der Waals surface area contributed by atoms with E-state index in [0.29, 0.717) is 0 Å². The first-order valence-corrected chi connectivity index (χ1v) is 29.7. The minimum absolute atomic E-state index is 0.0156. The molecule has 0 N–H and O–H groups in total. The molecule has 0 saturated heterocycles. The van der Waals surface area contributed by atoms with Gasteiger partial charge in [0, 0.05) is 0 Å². The molecule has 12 aromatic carbocycles. The summed E-state index contributed by atoms with van der Waals surface area (Å²) in [5.74, 6) is 3.31. The Balaban J connectivity index is 0.939. The number of anilines is 9. The zero-order valence-corrected chi connectivity index (χ0v) is 46.3. The summed E-state index contributed by atoms with van der Waals surface area (Å²) in [6, 6.07) is 95.5. The Bertz CT molecular complexity index is 4560. The fraction of sp³-hybridized carbons (Fsp3) is 0.0411. The Kier molecular flexibility index (Phi) is 10.2. The Hall–Kier alpha value is -9.45. The Morgan fingerprint density at radius 3 is 1.51 bits per heavy atom. The van der Waals surface area contributed by atoms with Gasteiger partial charge in [-0.15, -0.1) is 0 Å². The Labute approximate surface area is 478 Å². The van der Waals surface area contributed by atoms with Gasteiger partial charge in [-0.25, -0.2) is 0 Å². The molecule has 12 aromatic rings. The van der Waals surface area contributed by atoms with Crippen LogP contribution in [0.4, 0.5) is 51.2 Å². The van der Waals surface area contributed by atoms with E-state index in [-0.39, 0.29) is 28.4 Å². The maximum absolute atomic E-state index is 6.61. The SMILES string of the molecule is CC1(C)c2cc(Oc3ccccc3)ccc2-c2cc3c4c(c21)N(c1ccccc1)c1ccccc1B4c1cc2c(cc1N3c1ccccc1)[Se]c1c3c(cc4cc(Oc5ccccc5)ccc14)N(c1ccccc1)c1ccccc1B23. The first kappa shape index (κ1) is 46.5. The molecule has 1 aliphatic carbocycles. The van der Waals surface area contributed by atoms with Crippen molar-refractivity contribution in [1.29, 1.82) is 0 Å². The molecule has 5 aliphatic rings. The molecule has 81 heavy (non-hydrogen) atoms. The van der Waals surface area contributed by atoms with E-state index in [9.17, 15) is 0 Å². The molecular weight excluding hydrogens is 1050 g/mol. The van der Waals surface area contributed by atoms with Crippen LogP contribution in [0.2, 0.25) is 0 Å². The van der Waals surface area contributed by atoms with Gasteiger partial charge in [0.15, 0.2) is 0 Å². The van der Waals surface area contributed by atoms with Crippen molar-refractivity contribution in [2.24, 2.45) is 0 Å². The van der Waals surface area contributed by atoms with Gasteiger partial charge in [-0.3, -0.25) is 0 Å². The number of ether oxygens (including phenoxy) is 2. The molecule has 0 bridgehead atoms. The average molecular weight is 1100 g/mol. The van der Waals surface area contributed by atoms with Crippen LogP contribution >= 0.6 is 0 Å². The molecule has 0 spiro atoms. The summed E-state index contributed by atoms with van der Waals surface area (Å²) in [6.45, 7) is 4.74. The number of fused-ring (bicyclic) bond motifs is 14. The van der Waals surface area contributed by atoms with Crippen molar-refractivity contribution in [3.8, 4) is 34.1 Å². The van der Waals surface area contributed by atoms with E-state index in [1.165, 1.54) is 109 Å². The van der Waals surface area contributed by atoms with Crippen molar-refractivity contribution < 1.29 is 9.47 Å². The number of nitrogens with zero attached hydrogens (tertiary/aromatic N) is 3. The van der Waals surface area contributed by atoms with Crippen LogP contribution < -0.4 is 65.9 Å². The summed E-state index contributed by atoms with van der Waals surface area (Å²) in [6.07, 6.45) is 0. The third kappa shape index (κ3) is 6.94. The summed E-state index contributed by atoms with van der Waals surface area (Å²) < 4.78 is 16.0. The van der Waals surface area contributed by atoms with Crippen LogP contribution in [0, 0.1) is 0 Å². The monoisotopic (exact) mass is 1100 g/mol. The van der Waals surface area contributed by atoms with E-state index in [0.717, 1.165) is 40.1 Å². The van der Waals surface area contributed by atoms with E-state index >= 15 is 0 Å². The topological polar surface area (TPSA) is 28.2 Å². The van der Waals surface area contributed by atoms with Crippen molar-refractivity contribution >= 4 is 132 Å². The van der Waals surface area contributed by atoms with Crippen molar-refractivity contribution in [1.82, 2.24) is 0 Å². The number of para-hydroxylation sites is 7. The van der Waals surface area contributed by atoms with Crippen LogP contribution in [0.5, 0.6) is 23.0 Å². The standard InChI is InChI=1S/C73H49B2N3O2Se/c1-73(2)57-42-53(80-51-30-16-7-17-31-51)37-39-55(57)56-43-66-69-71(68(56)73)78(49-26-12-5-13-27-49)63-35-21-19-33-59(63)74(69)60-44-61-67(45-64(60)77(66)48-24-10-4-11-25-48)81-72-54-38-36-52(79-50-28-14-6-15-29-50)40-46(54)41-65-70(72)75(61)58-32-18-20-34-62(58)76(65)47-22-8-3-9-23-47/h3-45H,1-2H3. The molecule has 0 radical (unpaired) electrons. The number of benzene rings is 12. The first-order chi connectivity index (χ1) is 39.9. The summed E-state index contributed by atoms with van der Waals surface area (Å²) >= 11 is -0.0935. The summed E-state index contributed by atoms with van der Waals surface area (Å²) in [5.41, 5.74) is 23.5. The second-order valence-electron chi connectivity index (χ2n) is 22.3. The van der Waals surface area contributed by atoms with E-state index < -0.39 is 5.41 Å². The van der Waals surface area contributed by atoms with E-state index in [4.69, 9.17) is 9.47 Å². The normalized spacial score (nSPS) is 14.2. The molecule has 17 rings (SSSR count). The van der Waals surface area contributed by atoms with Crippen LogP contribution in [0.15, 0.2) is 261 Å². The maximum atomic E-state index is 6.61. The fourth-order valence-electron chi connectivity index (χ4n) is 14.1. The van der Waals surface area contributed by atoms with Gasteiger partial charge >= 0.3 is 446 Å². The minimum atomic E-state index is -0.404. The molecule has 8 heteroatoms. The number of hydrogen-bond donors (Lipinski definition) is 0. The van der Waals surface area contributed by atoms with Gasteiger partial charge in [-0.1, -0.05) is 18.2 Å². The predicted octanol–water partition coefficient (Wildman–Crippen LogP) is 13.1. The quantitative estimate of drug-likeness (QED) is 0.148. The van der Waals surface area contributed by atoms with Crippen LogP contribution in [-0.2, 0) is 5.41 Å². The molecule has 5 nitrogen and oxygen atoms in total. The van der Waals surface area contributed by atoms with Gasteiger partial charge in [-0.05, 0) is 12.1 Å². The number of hydrogen-bond acceptors (Lipinski definition) is 5. The van der Waals surface area contributed by atoms with Crippen molar-refractivity contribution in [2.45, 2.75) is 19.3 Å². The second-order valence-corrected chi connectivity index (χ2v) is 24.5. The van der Waals surface area contributed by atoms with Crippen molar-refractivity contribution in [2.75, 3.05) is 14.7 Å². The van der Waals surface area contributed by atoms with Crippen LogP contribution in [-0.4, -0.2) is 28.4 Å². The first-order valence-electron chi connectivity index (χ1n) is 28.0. The molecule has 0 saturated carbocycles. The van der Waals surface area contributed by atoms with Crippen molar-refractivity contribution in [3.05, 3.63) is 272 Å². The molecule has 380 valence electrons. The molecule has 0 aromatic heterocycles. The zero-order chi connectivity index (χ0) is 53.5. The van der Waals surface area contributed by atoms with Crippen LogP contribution in [0.25, 0.3) is 21.9 Å². The molecule has 4 aliphatic heterocycles. The molecule has 0 fully saturated rings. The van der Waals surface area contributed by atoms with E-state index in [1.807, 2.05) is 60.7 Å². The van der Waals surface area contributed by atoms with E-state index in [2.05, 4.69) is 229 Å². The molecule has 0 atom stereocenters. The fourth-order valence-corrected chi connectivity index (χ4v) is 16.9. The van der Waals surface area contributed by atoms with Crippen LogP contribution in [0.1, 0.15) is 25.0 Å². The van der Waals surface area contributed by atoms with Gasteiger partial charge < -0.3 is 0 Å². The summed E-state index contributed by atoms with van der Waals surface area (Å²) in [7, 11) is 0. The third-order valence-electron chi connectivity index (χ3n) is 17.5. The molecular formula is C73H49B2N3O2Se. The Morgan fingerprint density at radius 2 is 0.877 bits per heavy atom. The zero-order valence-electron chi connectivity index (χ0n) is 44.5. The molecule has 4 heterocycles. The number of rotatable bonds is 7. The van der Waals surface area contributed by atoms with Gasteiger partial charge in [-0.2, -0.15) is 0 Å². The third-order valence-corrected chi connectivity index (χ3v) is 20.0. The van der Waals surface area contributed by atoms with Crippen LogP contribution in [0.3, 0.4) is 0 Å².